The first-order chi connectivity index (χ1) is 12.0. The standard InChI is InChI=1S/C19H21BrClNO3/c1-13(2)15-5-3-4-6-17(15)24-10-9-22-19(23)12-25-18-8-7-14(21)11-16(18)20/h3-8,11,13H,9-10,12H2,1-2H3,(H,22,23). The van der Waals surface area contributed by atoms with Gasteiger partial charge in [-0.2, -0.15) is 0 Å². The molecule has 0 aliphatic carbocycles. The molecule has 2 aromatic carbocycles. The van der Waals surface area contributed by atoms with E-state index in [0.29, 0.717) is 34.3 Å². The molecule has 0 unspecified atom stereocenters. The highest BCUT2D eigenvalue weighted by Gasteiger charge is 2.08. The lowest BCUT2D eigenvalue weighted by Gasteiger charge is -2.14. The second kappa shape index (κ2) is 9.68. The van der Waals surface area contributed by atoms with Crippen LogP contribution in [-0.4, -0.2) is 25.7 Å². The number of benzene rings is 2. The van der Waals surface area contributed by atoms with Crippen molar-refractivity contribution in [3.8, 4) is 11.5 Å². The molecule has 0 aromatic heterocycles. The van der Waals surface area contributed by atoms with Gasteiger partial charge < -0.3 is 14.8 Å². The molecule has 25 heavy (non-hydrogen) atoms. The second-order valence-corrected chi connectivity index (χ2v) is 7.05. The number of ether oxygens (including phenoxy) is 2. The molecule has 0 fully saturated rings. The number of hydrogen-bond acceptors (Lipinski definition) is 3. The normalized spacial score (nSPS) is 10.6. The Labute approximate surface area is 161 Å². The van der Waals surface area contributed by atoms with Crippen LogP contribution < -0.4 is 14.8 Å². The summed E-state index contributed by atoms with van der Waals surface area (Å²) in [4.78, 5) is 11.8. The van der Waals surface area contributed by atoms with Crippen molar-refractivity contribution in [3.05, 3.63) is 57.5 Å². The highest BCUT2D eigenvalue weighted by molar-refractivity contribution is 9.10. The summed E-state index contributed by atoms with van der Waals surface area (Å²) >= 11 is 9.21. The number of carbonyl (C=O) groups excluding carboxylic acids is 1. The fourth-order valence-electron chi connectivity index (χ4n) is 2.23. The minimum absolute atomic E-state index is 0.0667. The van der Waals surface area contributed by atoms with E-state index in [-0.39, 0.29) is 12.5 Å². The van der Waals surface area contributed by atoms with E-state index < -0.39 is 0 Å². The van der Waals surface area contributed by atoms with Gasteiger partial charge in [-0.15, -0.1) is 0 Å². The Bertz CT molecular complexity index is 722. The topological polar surface area (TPSA) is 47.6 Å². The second-order valence-electron chi connectivity index (χ2n) is 5.75. The molecule has 0 saturated heterocycles. The van der Waals surface area contributed by atoms with Crippen molar-refractivity contribution in [3.63, 3.8) is 0 Å². The molecule has 0 aliphatic rings. The predicted octanol–water partition coefficient (Wildman–Crippen LogP) is 4.80. The summed E-state index contributed by atoms with van der Waals surface area (Å²) in [6, 6.07) is 13.1. The summed E-state index contributed by atoms with van der Waals surface area (Å²) in [6.07, 6.45) is 0. The molecule has 0 aliphatic heterocycles. The van der Waals surface area contributed by atoms with Gasteiger partial charge in [0, 0.05) is 5.02 Å². The average Bonchev–Trinajstić information content (AvgIpc) is 2.58. The van der Waals surface area contributed by atoms with Gasteiger partial charge in [0.1, 0.15) is 18.1 Å². The zero-order chi connectivity index (χ0) is 18.2. The van der Waals surface area contributed by atoms with Gasteiger partial charge in [0.05, 0.1) is 11.0 Å². The molecular weight excluding hydrogens is 406 g/mol. The molecule has 0 spiro atoms. The van der Waals surface area contributed by atoms with Gasteiger partial charge in [-0.1, -0.05) is 43.6 Å². The molecule has 0 heterocycles. The lowest BCUT2D eigenvalue weighted by atomic mass is 10.0. The maximum atomic E-state index is 11.8. The van der Waals surface area contributed by atoms with Crippen LogP contribution in [0, 0.1) is 0 Å². The van der Waals surface area contributed by atoms with E-state index in [1.165, 1.54) is 0 Å². The molecule has 134 valence electrons. The fourth-order valence-corrected chi connectivity index (χ4v) is 3.02. The number of halogens is 2. The Hall–Kier alpha value is -1.72. The molecular formula is C19H21BrClNO3. The average molecular weight is 427 g/mol. The minimum Gasteiger partial charge on any atom is -0.491 e. The van der Waals surface area contributed by atoms with Gasteiger partial charge in [0.25, 0.3) is 5.91 Å². The van der Waals surface area contributed by atoms with Crippen LogP contribution in [0.3, 0.4) is 0 Å². The molecule has 1 amide bonds. The molecule has 0 atom stereocenters. The number of para-hydroxylation sites is 1. The largest absolute Gasteiger partial charge is 0.491 e. The van der Waals surface area contributed by atoms with Crippen LogP contribution in [0.1, 0.15) is 25.3 Å². The Morgan fingerprint density at radius 1 is 1.16 bits per heavy atom. The number of amides is 1. The lowest BCUT2D eigenvalue weighted by Crippen LogP contribution is -2.32. The molecule has 2 rings (SSSR count). The van der Waals surface area contributed by atoms with Crippen LogP contribution in [0.5, 0.6) is 11.5 Å². The maximum Gasteiger partial charge on any atom is 0.258 e. The number of rotatable bonds is 8. The van der Waals surface area contributed by atoms with Gasteiger partial charge in [0.2, 0.25) is 0 Å². The smallest absolute Gasteiger partial charge is 0.258 e. The fraction of sp³-hybridized carbons (Fsp3) is 0.316. The van der Waals surface area contributed by atoms with Gasteiger partial charge >= 0.3 is 0 Å². The van der Waals surface area contributed by atoms with Crippen molar-refractivity contribution < 1.29 is 14.3 Å². The molecule has 0 bridgehead atoms. The van der Waals surface area contributed by atoms with Crippen LogP contribution in [0.4, 0.5) is 0 Å². The van der Waals surface area contributed by atoms with Gasteiger partial charge in [-0.25, -0.2) is 0 Å². The first-order valence-electron chi connectivity index (χ1n) is 8.03. The third-order valence-corrected chi connectivity index (χ3v) is 4.33. The van der Waals surface area contributed by atoms with Crippen molar-refractivity contribution in [1.82, 2.24) is 5.32 Å². The van der Waals surface area contributed by atoms with Crippen LogP contribution in [0.2, 0.25) is 5.02 Å². The Balaban J connectivity index is 1.72. The number of hydrogen-bond donors (Lipinski definition) is 1. The quantitative estimate of drug-likeness (QED) is 0.617. The lowest BCUT2D eigenvalue weighted by molar-refractivity contribution is -0.123. The van der Waals surface area contributed by atoms with Crippen molar-refractivity contribution >= 4 is 33.4 Å². The van der Waals surface area contributed by atoms with Crippen LogP contribution in [-0.2, 0) is 4.79 Å². The van der Waals surface area contributed by atoms with E-state index in [4.69, 9.17) is 21.1 Å². The van der Waals surface area contributed by atoms with Gasteiger partial charge in [-0.05, 0) is 51.7 Å². The van der Waals surface area contributed by atoms with Gasteiger partial charge in [0.15, 0.2) is 6.61 Å². The summed E-state index contributed by atoms with van der Waals surface area (Å²) in [5.41, 5.74) is 1.16. The van der Waals surface area contributed by atoms with Crippen molar-refractivity contribution in [2.75, 3.05) is 19.8 Å². The number of carbonyl (C=O) groups is 1. The summed E-state index contributed by atoms with van der Waals surface area (Å²) in [5, 5.41) is 3.37. The summed E-state index contributed by atoms with van der Waals surface area (Å²) in [5.74, 6) is 1.61. The van der Waals surface area contributed by atoms with Crippen molar-refractivity contribution in [1.29, 1.82) is 0 Å². The molecule has 0 saturated carbocycles. The van der Waals surface area contributed by atoms with E-state index in [1.54, 1.807) is 18.2 Å². The van der Waals surface area contributed by atoms with Crippen LogP contribution >= 0.6 is 27.5 Å². The Morgan fingerprint density at radius 2 is 1.92 bits per heavy atom. The highest BCUT2D eigenvalue weighted by atomic mass is 79.9. The van der Waals surface area contributed by atoms with E-state index in [9.17, 15) is 4.79 Å². The first-order valence-corrected chi connectivity index (χ1v) is 9.20. The molecule has 1 N–H and O–H groups in total. The van der Waals surface area contributed by atoms with E-state index in [0.717, 1.165) is 11.3 Å². The summed E-state index contributed by atoms with van der Waals surface area (Å²) in [6.45, 7) is 4.99. The Morgan fingerprint density at radius 3 is 2.64 bits per heavy atom. The van der Waals surface area contributed by atoms with E-state index in [1.807, 2.05) is 18.2 Å². The highest BCUT2D eigenvalue weighted by Crippen LogP contribution is 2.28. The third-order valence-electron chi connectivity index (χ3n) is 3.48. The maximum absolute atomic E-state index is 11.8. The van der Waals surface area contributed by atoms with E-state index in [2.05, 4.69) is 41.2 Å². The first kappa shape index (κ1) is 19.6. The minimum atomic E-state index is -0.206. The van der Waals surface area contributed by atoms with Crippen molar-refractivity contribution in [2.45, 2.75) is 19.8 Å². The van der Waals surface area contributed by atoms with Gasteiger partial charge in [-0.3, -0.25) is 4.79 Å². The third kappa shape index (κ3) is 6.25. The molecule has 4 nitrogen and oxygen atoms in total. The monoisotopic (exact) mass is 425 g/mol. The molecule has 2 aromatic rings. The van der Waals surface area contributed by atoms with Crippen LogP contribution in [0.15, 0.2) is 46.9 Å². The van der Waals surface area contributed by atoms with Crippen molar-refractivity contribution in [2.24, 2.45) is 0 Å². The zero-order valence-electron chi connectivity index (χ0n) is 14.2. The summed E-state index contributed by atoms with van der Waals surface area (Å²) in [7, 11) is 0. The Kier molecular flexibility index (Phi) is 7.59. The van der Waals surface area contributed by atoms with E-state index >= 15 is 0 Å². The van der Waals surface area contributed by atoms with Crippen LogP contribution in [0.25, 0.3) is 0 Å². The SMILES string of the molecule is CC(C)c1ccccc1OCCNC(=O)COc1ccc(Cl)cc1Br. The predicted molar refractivity (Wildman–Crippen MR) is 104 cm³/mol. The molecule has 0 radical (unpaired) electrons. The number of nitrogens with one attached hydrogen (secondary N) is 1. The summed E-state index contributed by atoms with van der Waals surface area (Å²) < 4.78 is 11.9. The zero-order valence-corrected chi connectivity index (χ0v) is 16.6. The molecule has 6 heteroatoms.